The normalized spacial score (nSPS) is 12.3. The lowest BCUT2D eigenvalue weighted by molar-refractivity contribution is 0.510. The highest BCUT2D eigenvalue weighted by molar-refractivity contribution is 5.83. The Kier molecular flexibility index (Phi) is 4.00. The fraction of sp³-hybridized carbons (Fsp3) is 0.529. The molecule has 0 atom stereocenters. The van der Waals surface area contributed by atoms with Crippen LogP contribution in [0, 0.1) is 6.92 Å². The van der Waals surface area contributed by atoms with Gasteiger partial charge in [0.25, 0.3) is 0 Å². The lowest BCUT2D eigenvalue weighted by atomic mass is 9.86. The summed E-state index contributed by atoms with van der Waals surface area (Å²) in [5.74, 6) is 1.06. The molecule has 0 radical (unpaired) electrons. The van der Waals surface area contributed by atoms with E-state index in [9.17, 15) is 0 Å². The van der Waals surface area contributed by atoms with Crippen molar-refractivity contribution < 1.29 is 4.42 Å². The van der Waals surface area contributed by atoms with Crippen molar-refractivity contribution in [3.05, 3.63) is 35.1 Å². The smallest absolute Gasteiger partial charge is 0.134 e. The molecule has 2 heteroatoms. The number of rotatable bonds is 4. The summed E-state index contributed by atoms with van der Waals surface area (Å²) >= 11 is 0. The van der Waals surface area contributed by atoms with Crippen molar-refractivity contribution in [1.82, 2.24) is 5.32 Å². The van der Waals surface area contributed by atoms with Gasteiger partial charge in [-0.1, -0.05) is 33.8 Å². The number of nitrogens with one attached hydrogen (secondary N) is 1. The maximum atomic E-state index is 5.95. The van der Waals surface area contributed by atoms with Crippen molar-refractivity contribution in [3.63, 3.8) is 0 Å². The quantitative estimate of drug-likeness (QED) is 0.816. The summed E-state index contributed by atoms with van der Waals surface area (Å²) in [6.07, 6.45) is 1.15. The Labute approximate surface area is 116 Å². The van der Waals surface area contributed by atoms with E-state index in [2.05, 4.69) is 58.1 Å². The summed E-state index contributed by atoms with van der Waals surface area (Å²) in [4.78, 5) is 0. The second-order valence-corrected chi connectivity index (χ2v) is 6.29. The van der Waals surface area contributed by atoms with Gasteiger partial charge in [0.1, 0.15) is 11.3 Å². The van der Waals surface area contributed by atoms with Crippen LogP contribution in [0.1, 0.15) is 51.0 Å². The third-order valence-corrected chi connectivity index (χ3v) is 3.61. The van der Waals surface area contributed by atoms with E-state index in [1.165, 1.54) is 16.5 Å². The van der Waals surface area contributed by atoms with Gasteiger partial charge in [-0.15, -0.1) is 0 Å². The minimum Gasteiger partial charge on any atom is -0.459 e. The summed E-state index contributed by atoms with van der Waals surface area (Å²) in [7, 11) is 0. The molecule has 0 aliphatic rings. The molecule has 0 amide bonds. The van der Waals surface area contributed by atoms with Gasteiger partial charge in [0.15, 0.2) is 0 Å². The Morgan fingerprint density at radius 1 is 1.21 bits per heavy atom. The molecular weight excluding hydrogens is 234 g/mol. The second kappa shape index (κ2) is 5.38. The predicted molar refractivity (Wildman–Crippen MR) is 81.6 cm³/mol. The first-order valence-corrected chi connectivity index (χ1v) is 7.16. The molecule has 0 unspecified atom stereocenters. The van der Waals surface area contributed by atoms with Gasteiger partial charge in [-0.05, 0) is 48.6 Å². The minimum absolute atomic E-state index is 0.179. The predicted octanol–water partition coefficient (Wildman–Crippen LogP) is 4.54. The average Bonchev–Trinajstić information content (AvgIpc) is 2.66. The maximum absolute atomic E-state index is 5.95. The number of hydrogen-bond acceptors (Lipinski definition) is 2. The molecule has 0 fully saturated rings. The second-order valence-electron chi connectivity index (χ2n) is 6.29. The van der Waals surface area contributed by atoms with E-state index in [1.807, 2.05) is 0 Å². The van der Waals surface area contributed by atoms with Crippen LogP contribution in [0.3, 0.4) is 0 Å². The van der Waals surface area contributed by atoms with E-state index in [-0.39, 0.29) is 5.41 Å². The van der Waals surface area contributed by atoms with Gasteiger partial charge < -0.3 is 9.73 Å². The summed E-state index contributed by atoms with van der Waals surface area (Å²) in [6, 6.07) is 6.55. The van der Waals surface area contributed by atoms with E-state index >= 15 is 0 Å². The highest BCUT2D eigenvalue weighted by atomic mass is 16.3. The van der Waals surface area contributed by atoms with Crippen molar-refractivity contribution in [2.24, 2.45) is 0 Å². The molecule has 2 aromatic rings. The number of benzene rings is 1. The van der Waals surface area contributed by atoms with Gasteiger partial charge in [0.05, 0.1) is 6.54 Å². The molecule has 2 nitrogen and oxygen atoms in total. The molecule has 0 saturated heterocycles. The molecule has 1 aromatic carbocycles. The Bertz CT molecular complexity index is 560. The van der Waals surface area contributed by atoms with Gasteiger partial charge in [0, 0.05) is 5.39 Å². The Hall–Kier alpha value is -1.28. The van der Waals surface area contributed by atoms with Crippen molar-refractivity contribution >= 4 is 11.0 Å². The molecule has 0 aliphatic carbocycles. The molecule has 1 heterocycles. The highest BCUT2D eigenvalue weighted by Gasteiger charge is 2.16. The number of aryl methyl sites for hydroxylation is 1. The average molecular weight is 259 g/mol. The summed E-state index contributed by atoms with van der Waals surface area (Å²) in [6.45, 7) is 12.9. The van der Waals surface area contributed by atoms with Crippen LogP contribution in [-0.4, -0.2) is 6.54 Å². The van der Waals surface area contributed by atoms with Gasteiger partial charge in [-0.2, -0.15) is 0 Å². The first-order chi connectivity index (χ1) is 8.93. The number of fused-ring (bicyclic) bond motifs is 1. The highest BCUT2D eigenvalue weighted by Crippen LogP contribution is 2.30. The van der Waals surface area contributed by atoms with Gasteiger partial charge in [0.2, 0.25) is 0 Å². The minimum atomic E-state index is 0.179. The summed E-state index contributed by atoms with van der Waals surface area (Å²) < 4.78 is 5.95. The zero-order chi connectivity index (χ0) is 14.0. The SMILES string of the molecule is CCCNCc1oc2ccc(C(C)(C)C)cc2c1C. The van der Waals surface area contributed by atoms with Crippen molar-refractivity contribution in [3.8, 4) is 0 Å². The van der Waals surface area contributed by atoms with E-state index in [1.54, 1.807) is 0 Å². The Morgan fingerprint density at radius 2 is 1.95 bits per heavy atom. The Morgan fingerprint density at radius 3 is 2.58 bits per heavy atom. The molecule has 0 spiro atoms. The first-order valence-electron chi connectivity index (χ1n) is 7.16. The molecule has 0 saturated carbocycles. The van der Waals surface area contributed by atoms with E-state index in [0.29, 0.717) is 0 Å². The monoisotopic (exact) mass is 259 g/mol. The first kappa shape index (κ1) is 14.1. The van der Waals surface area contributed by atoms with Crippen LogP contribution in [-0.2, 0) is 12.0 Å². The zero-order valence-electron chi connectivity index (χ0n) is 12.8. The lowest BCUT2D eigenvalue weighted by Gasteiger charge is -2.18. The van der Waals surface area contributed by atoms with Gasteiger partial charge in [-0.25, -0.2) is 0 Å². The van der Waals surface area contributed by atoms with Crippen LogP contribution in [0.25, 0.3) is 11.0 Å². The molecule has 1 N–H and O–H groups in total. The summed E-state index contributed by atoms with van der Waals surface area (Å²) in [5.41, 5.74) is 3.80. The number of furan rings is 1. The fourth-order valence-corrected chi connectivity index (χ4v) is 2.29. The van der Waals surface area contributed by atoms with Crippen LogP contribution < -0.4 is 5.32 Å². The van der Waals surface area contributed by atoms with E-state index in [0.717, 1.165) is 30.9 Å². The van der Waals surface area contributed by atoms with Crippen LogP contribution in [0.4, 0.5) is 0 Å². The van der Waals surface area contributed by atoms with Crippen molar-refractivity contribution in [2.75, 3.05) is 6.54 Å². The molecule has 0 aliphatic heterocycles. The molecular formula is C17H25NO. The van der Waals surface area contributed by atoms with Crippen molar-refractivity contribution in [2.45, 2.75) is 53.0 Å². The van der Waals surface area contributed by atoms with Crippen molar-refractivity contribution in [1.29, 1.82) is 0 Å². The van der Waals surface area contributed by atoms with Crippen LogP contribution in [0.5, 0.6) is 0 Å². The zero-order valence-corrected chi connectivity index (χ0v) is 12.8. The Balaban J connectivity index is 2.35. The van der Waals surface area contributed by atoms with Crippen LogP contribution in [0.2, 0.25) is 0 Å². The van der Waals surface area contributed by atoms with Crippen LogP contribution in [0.15, 0.2) is 22.6 Å². The largest absolute Gasteiger partial charge is 0.459 e. The third kappa shape index (κ3) is 3.01. The third-order valence-electron chi connectivity index (χ3n) is 3.61. The van der Waals surface area contributed by atoms with Gasteiger partial charge >= 0.3 is 0 Å². The maximum Gasteiger partial charge on any atom is 0.134 e. The molecule has 0 bridgehead atoms. The fourth-order valence-electron chi connectivity index (χ4n) is 2.29. The standard InChI is InChI=1S/C17H25NO/c1-6-9-18-11-16-12(2)14-10-13(17(3,4)5)7-8-15(14)19-16/h7-8,10,18H,6,9,11H2,1-5H3. The lowest BCUT2D eigenvalue weighted by Crippen LogP contribution is -2.13. The van der Waals surface area contributed by atoms with Crippen LogP contribution >= 0.6 is 0 Å². The van der Waals surface area contributed by atoms with Gasteiger partial charge in [-0.3, -0.25) is 0 Å². The molecule has 19 heavy (non-hydrogen) atoms. The molecule has 104 valence electrons. The number of hydrogen-bond donors (Lipinski definition) is 1. The van der Waals surface area contributed by atoms with E-state index < -0.39 is 0 Å². The van der Waals surface area contributed by atoms with E-state index in [4.69, 9.17) is 4.42 Å². The summed E-state index contributed by atoms with van der Waals surface area (Å²) in [5, 5.41) is 4.65. The molecule has 2 rings (SSSR count). The molecule has 1 aromatic heterocycles. The topological polar surface area (TPSA) is 25.2 Å².